The second-order valence-corrected chi connectivity index (χ2v) is 20.0. The molecule has 3 nitrogen and oxygen atoms in total. The lowest BCUT2D eigenvalue weighted by Gasteiger charge is -2.45. The molecule has 0 bridgehead atoms. The molecule has 10 rings (SSSR count). The van der Waals surface area contributed by atoms with Crippen molar-refractivity contribution in [2.75, 3.05) is 9.80 Å². The van der Waals surface area contributed by atoms with Crippen molar-refractivity contribution >= 4 is 79.2 Å². The number of benzene rings is 7. The third kappa shape index (κ3) is 6.10. The van der Waals surface area contributed by atoms with E-state index in [2.05, 4.69) is 206 Å². The Morgan fingerprint density at radius 1 is 0.424 bits per heavy atom. The van der Waals surface area contributed by atoms with Gasteiger partial charge in [-0.25, -0.2) is 0 Å². The molecule has 2 aliphatic rings. The number of nitrogens with zero attached hydrogens (tertiary/aromatic N) is 2. The molecule has 0 amide bonds. The van der Waals surface area contributed by atoms with E-state index in [9.17, 15) is 0 Å². The number of rotatable bonds is 3. The monoisotopic (exact) mass is 768 g/mol. The predicted molar refractivity (Wildman–Crippen MR) is 254 cm³/mol. The van der Waals surface area contributed by atoms with Gasteiger partial charge < -0.3 is 14.2 Å². The topological polar surface area (TPSA) is 19.6 Å². The van der Waals surface area contributed by atoms with Crippen LogP contribution in [0.25, 0.3) is 33.1 Å². The van der Waals surface area contributed by atoms with Gasteiger partial charge in [0.25, 0.3) is 6.71 Å². The Kier molecular flexibility index (Phi) is 8.22. The third-order valence-electron chi connectivity index (χ3n) is 12.8. The lowest BCUT2D eigenvalue weighted by Crippen LogP contribution is -2.61. The second kappa shape index (κ2) is 13.0. The molecule has 0 fully saturated rings. The van der Waals surface area contributed by atoms with Crippen LogP contribution in [0.2, 0.25) is 0 Å². The molecule has 0 unspecified atom stereocenters. The van der Waals surface area contributed by atoms with Gasteiger partial charge in [0.05, 0.1) is 0 Å². The third-order valence-corrected chi connectivity index (χ3v) is 12.8. The fourth-order valence-corrected chi connectivity index (χ4v) is 9.44. The van der Waals surface area contributed by atoms with E-state index >= 15 is 0 Å². The molecule has 2 aliphatic heterocycles. The van der Waals surface area contributed by atoms with Crippen molar-refractivity contribution in [2.45, 2.75) is 85.5 Å². The average molecular weight is 769 g/mol. The van der Waals surface area contributed by atoms with Gasteiger partial charge in [0.2, 0.25) is 0 Å². The molecule has 0 saturated carbocycles. The van der Waals surface area contributed by atoms with E-state index in [1.807, 2.05) is 12.1 Å². The number of fused-ring (bicyclic) bond motifs is 7. The molecule has 7 aromatic carbocycles. The van der Waals surface area contributed by atoms with E-state index < -0.39 is 0 Å². The van der Waals surface area contributed by atoms with Crippen LogP contribution in [-0.2, 0) is 16.2 Å². The number of para-hydroxylation sites is 1. The summed E-state index contributed by atoms with van der Waals surface area (Å²) in [5, 5.41) is 2.29. The fraction of sp³-hybridized carbons (Fsp3) is 0.236. The first-order valence-electron chi connectivity index (χ1n) is 21.2. The van der Waals surface area contributed by atoms with Gasteiger partial charge in [-0.1, -0.05) is 135 Å². The summed E-state index contributed by atoms with van der Waals surface area (Å²) < 4.78 is 6.17. The SMILES string of the molecule is Cc1cc2c3c(c1)N(c1ccc(C(C)(C)C)cc1)c1cc(C(C)(C)C)ccc1B3c1cc(C(C)(C)C)ccc1N2c1ccc(-c2ccc3oc4ccccc4c3c2)cc1. The van der Waals surface area contributed by atoms with Crippen LogP contribution in [0.1, 0.15) is 84.6 Å². The van der Waals surface area contributed by atoms with Crippen molar-refractivity contribution in [1.82, 2.24) is 0 Å². The Bertz CT molecular complexity index is 2950. The number of hydrogen-bond donors (Lipinski definition) is 0. The van der Waals surface area contributed by atoms with Crippen LogP contribution in [0, 0.1) is 6.92 Å². The van der Waals surface area contributed by atoms with Crippen molar-refractivity contribution in [2.24, 2.45) is 0 Å². The Labute approximate surface area is 350 Å². The molecule has 292 valence electrons. The second-order valence-electron chi connectivity index (χ2n) is 20.0. The molecule has 8 aromatic rings. The maximum Gasteiger partial charge on any atom is 0.252 e. The van der Waals surface area contributed by atoms with Crippen LogP contribution in [-0.4, -0.2) is 6.71 Å². The van der Waals surface area contributed by atoms with E-state index in [0.717, 1.165) is 27.6 Å². The molecule has 3 heterocycles. The standard InChI is InChI=1S/C55H53BN2O/c1-34-29-48-52-49(30-34)58(41-24-18-37(19-25-41)53(2,3)4)47-33-39(55(8,9)10)20-26-44(47)56(52)45-32-38(54(5,6)7)21-27-46(45)57(48)40-22-15-35(16-23-40)36-17-28-51-43(31-36)42-13-11-12-14-50(42)59-51/h11-33H,1-10H3. The van der Waals surface area contributed by atoms with Crippen LogP contribution in [0.15, 0.2) is 144 Å². The maximum atomic E-state index is 6.17. The van der Waals surface area contributed by atoms with Gasteiger partial charge in [-0.2, -0.15) is 0 Å². The van der Waals surface area contributed by atoms with E-state index in [0.29, 0.717) is 0 Å². The molecular weight excluding hydrogens is 715 g/mol. The van der Waals surface area contributed by atoms with Gasteiger partial charge in [-0.15, -0.1) is 0 Å². The van der Waals surface area contributed by atoms with E-state index in [1.54, 1.807) is 0 Å². The van der Waals surface area contributed by atoms with Gasteiger partial charge in [0.1, 0.15) is 11.2 Å². The first-order chi connectivity index (χ1) is 28.0. The first kappa shape index (κ1) is 37.3. The van der Waals surface area contributed by atoms with Crippen LogP contribution >= 0.6 is 0 Å². The number of anilines is 6. The lowest BCUT2D eigenvalue weighted by molar-refractivity contribution is 0.590. The number of hydrogen-bond acceptors (Lipinski definition) is 3. The van der Waals surface area contributed by atoms with Gasteiger partial charge in [0.15, 0.2) is 0 Å². The van der Waals surface area contributed by atoms with Gasteiger partial charge >= 0.3 is 0 Å². The highest BCUT2D eigenvalue weighted by atomic mass is 16.3. The summed E-state index contributed by atoms with van der Waals surface area (Å²) in [5.74, 6) is 0. The van der Waals surface area contributed by atoms with Crippen LogP contribution in [0.4, 0.5) is 34.1 Å². The van der Waals surface area contributed by atoms with Crippen molar-refractivity contribution in [3.63, 3.8) is 0 Å². The molecule has 1 aromatic heterocycles. The molecule has 0 aliphatic carbocycles. The van der Waals surface area contributed by atoms with Crippen molar-refractivity contribution in [3.8, 4) is 11.1 Å². The van der Waals surface area contributed by atoms with Gasteiger partial charge in [0, 0.05) is 44.9 Å². The first-order valence-corrected chi connectivity index (χ1v) is 21.2. The van der Waals surface area contributed by atoms with Crippen molar-refractivity contribution < 1.29 is 4.42 Å². The summed E-state index contributed by atoms with van der Waals surface area (Å²) in [6, 6.07) is 52.7. The number of aryl methyl sites for hydroxylation is 1. The Balaban J connectivity index is 1.19. The normalized spacial score (nSPS) is 13.8. The van der Waals surface area contributed by atoms with Crippen LogP contribution in [0.3, 0.4) is 0 Å². The molecule has 59 heavy (non-hydrogen) atoms. The van der Waals surface area contributed by atoms with E-state index in [-0.39, 0.29) is 23.0 Å². The van der Waals surface area contributed by atoms with E-state index in [4.69, 9.17) is 4.42 Å². The highest BCUT2D eigenvalue weighted by Gasteiger charge is 2.44. The minimum absolute atomic E-state index is 0.000262. The van der Waals surface area contributed by atoms with Gasteiger partial charge in [-0.3, -0.25) is 0 Å². The predicted octanol–water partition coefficient (Wildman–Crippen LogP) is 13.5. The highest BCUT2D eigenvalue weighted by Crippen LogP contribution is 2.46. The molecule has 4 heteroatoms. The molecular formula is C55H53BN2O. The Hall–Kier alpha value is -6.00. The Morgan fingerprint density at radius 2 is 0.966 bits per heavy atom. The summed E-state index contributed by atoms with van der Waals surface area (Å²) >= 11 is 0. The molecule has 0 N–H and O–H groups in total. The van der Waals surface area contributed by atoms with E-state index in [1.165, 1.54) is 78.2 Å². The summed E-state index contributed by atoms with van der Waals surface area (Å²) in [6.45, 7) is 23.1. The highest BCUT2D eigenvalue weighted by molar-refractivity contribution is 7.00. The minimum Gasteiger partial charge on any atom is -0.456 e. The quantitative estimate of drug-likeness (QED) is 0.167. The molecule has 0 spiro atoms. The smallest absolute Gasteiger partial charge is 0.252 e. The van der Waals surface area contributed by atoms with Crippen LogP contribution < -0.4 is 26.2 Å². The van der Waals surface area contributed by atoms with Crippen molar-refractivity contribution in [3.05, 3.63) is 162 Å². The molecule has 0 atom stereocenters. The maximum absolute atomic E-state index is 6.17. The van der Waals surface area contributed by atoms with Gasteiger partial charge in [-0.05, 0) is 140 Å². The summed E-state index contributed by atoms with van der Waals surface area (Å²) in [4.78, 5) is 5.07. The largest absolute Gasteiger partial charge is 0.456 e. The summed E-state index contributed by atoms with van der Waals surface area (Å²) in [6.07, 6.45) is 0. The lowest BCUT2D eigenvalue weighted by atomic mass is 9.33. The zero-order valence-electron chi connectivity index (χ0n) is 36.2. The average Bonchev–Trinajstić information content (AvgIpc) is 3.57. The minimum atomic E-state index is -0.00622. The Morgan fingerprint density at radius 3 is 1.63 bits per heavy atom. The van der Waals surface area contributed by atoms with Crippen LogP contribution in [0.5, 0.6) is 0 Å². The zero-order chi connectivity index (χ0) is 41.2. The zero-order valence-corrected chi connectivity index (χ0v) is 36.2. The summed E-state index contributed by atoms with van der Waals surface area (Å²) in [5.41, 5.74) is 20.9. The number of furan rings is 1. The fourth-order valence-electron chi connectivity index (χ4n) is 9.44. The summed E-state index contributed by atoms with van der Waals surface area (Å²) in [7, 11) is 0. The molecule has 0 radical (unpaired) electrons. The van der Waals surface area contributed by atoms with Crippen molar-refractivity contribution in [1.29, 1.82) is 0 Å². The molecule has 0 saturated heterocycles.